The maximum Gasteiger partial charge on any atom is 0.409 e. The minimum atomic E-state index is -1.07. The molecule has 6 nitrogen and oxygen atoms in total. The Balaban J connectivity index is 1.68. The first-order valence-electron chi connectivity index (χ1n) is 11.0. The SMILES string of the molecule is COc1ccc(C(Cc2ccncc2)c2ccc(NC(=O)O)cc2)cc1OC1CCCC1. The van der Waals surface area contributed by atoms with Gasteiger partial charge < -0.3 is 14.6 Å². The standard InChI is InChI=1S/C26H28N2O4/c1-31-24-11-8-20(17-25(24)32-22-4-2-3-5-22)23(16-18-12-14-27-15-13-18)19-6-9-21(10-7-19)28-26(29)30/h6-15,17,22-23,28H,2-5,16H2,1H3,(H,29,30). The van der Waals surface area contributed by atoms with E-state index in [1.165, 1.54) is 18.4 Å². The van der Waals surface area contributed by atoms with Crippen molar-refractivity contribution in [3.8, 4) is 11.5 Å². The summed E-state index contributed by atoms with van der Waals surface area (Å²) < 4.78 is 11.9. The van der Waals surface area contributed by atoms with Gasteiger partial charge in [-0.2, -0.15) is 0 Å². The lowest BCUT2D eigenvalue weighted by Crippen LogP contribution is -2.13. The van der Waals surface area contributed by atoms with Crippen LogP contribution in [-0.2, 0) is 6.42 Å². The van der Waals surface area contributed by atoms with Gasteiger partial charge in [0.15, 0.2) is 11.5 Å². The Morgan fingerprint density at radius 1 is 1.03 bits per heavy atom. The highest BCUT2D eigenvalue weighted by Crippen LogP contribution is 2.37. The molecule has 1 aromatic heterocycles. The highest BCUT2D eigenvalue weighted by molar-refractivity contribution is 5.82. The predicted molar refractivity (Wildman–Crippen MR) is 124 cm³/mol. The number of benzene rings is 2. The van der Waals surface area contributed by atoms with Crippen LogP contribution < -0.4 is 14.8 Å². The number of carbonyl (C=O) groups is 1. The van der Waals surface area contributed by atoms with E-state index in [0.29, 0.717) is 5.69 Å². The third-order valence-electron chi connectivity index (χ3n) is 5.94. The fourth-order valence-electron chi connectivity index (χ4n) is 4.29. The Bertz CT molecular complexity index is 1030. The fourth-order valence-corrected chi connectivity index (χ4v) is 4.29. The van der Waals surface area contributed by atoms with Crippen LogP contribution in [0.5, 0.6) is 11.5 Å². The van der Waals surface area contributed by atoms with Crippen LogP contribution >= 0.6 is 0 Å². The number of carboxylic acid groups (broad SMARTS) is 1. The number of hydrogen-bond acceptors (Lipinski definition) is 4. The summed E-state index contributed by atoms with van der Waals surface area (Å²) in [7, 11) is 1.67. The minimum absolute atomic E-state index is 0.0631. The van der Waals surface area contributed by atoms with Gasteiger partial charge in [0.2, 0.25) is 0 Å². The predicted octanol–water partition coefficient (Wildman–Crippen LogP) is 5.88. The topological polar surface area (TPSA) is 80.7 Å². The molecule has 0 radical (unpaired) electrons. The van der Waals surface area contributed by atoms with Gasteiger partial charge in [-0.05, 0) is 85.2 Å². The molecule has 0 bridgehead atoms. The van der Waals surface area contributed by atoms with Crippen molar-refractivity contribution in [3.05, 3.63) is 83.7 Å². The highest BCUT2D eigenvalue weighted by Gasteiger charge is 2.21. The zero-order valence-corrected chi connectivity index (χ0v) is 18.2. The molecular formula is C26H28N2O4. The van der Waals surface area contributed by atoms with Crippen molar-refractivity contribution in [1.82, 2.24) is 4.98 Å². The third kappa shape index (κ3) is 5.38. The van der Waals surface area contributed by atoms with E-state index in [1.54, 1.807) is 31.6 Å². The molecule has 4 rings (SSSR count). The summed E-state index contributed by atoms with van der Waals surface area (Å²) in [5.41, 5.74) is 3.93. The Kier molecular flexibility index (Phi) is 6.90. The van der Waals surface area contributed by atoms with Crippen LogP contribution in [0.1, 0.15) is 48.3 Å². The van der Waals surface area contributed by atoms with Crippen molar-refractivity contribution in [2.75, 3.05) is 12.4 Å². The van der Waals surface area contributed by atoms with Crippen LogP contribution in [0.2, 0.25) is 0 Å². The van der Waals surface area contributed by atoms with Crippen LogP contribution in [-0.4, -0.2) is 29.4 Å². The molecule has 3 aromatic rings. The van der Waals surface area contributed by atoms with E-state index in [-0.39, 0.29) is 12.0 Å². The number of hydrogen-bond donors (Lipinski definition) is 2. The first kappa shape index (κ1) is 21.7. The van der Waals surface area contributed by atoms with Gasteiger partial charge in [0.1, 0.15) is 0 Å². The molecule has 2 aromatic carbocycles. The lowest BCUT2D eigenvalue weighted by molar-refractivity contribution is 0.200. The summed E-state index contributed by atoms with van der Waals surface area (Å²) in [5, 5.41) is 11.4. The smallest absolute Gasteiger partial charge is 0.409 e. The highest BCUT2D eigenvalue weighted by atomic mass is 16.5. The van der Waals surface area contributed by atoms with Gasteiger partial charge in [-0.1, -0.05) is 18.2 Å². The second kappa shape index (κ2) is 10.2. The number of amides is 1. The molecule has 1 atom stereocenters. The van der Waals surface area contributed by atoms with Gasteiger partial charge >= 0.3 is 6.09 Å². The molecule has 1 aliphatic rings. The molecule has 0 spiro atoms. The fraction of sp³-hybridized carbons (Fsp3) is 0.308. The number of methoxy groups -OCH3 is 1. The van der Waals surface area contributed by atoms with E-state index < -0.39 is 6.09 Å². The molecule has 1 saturated carbocycles. The number of pyridine rings is 1. The molecule has 1 aliphatic carbocycles. The Morgan fingerprint density at radius 3 is 2.38 bits per heavy atom. The van der Waals surface area contributed by atoms with E-state index in [1.807, 2.05) is 30.3 Å². The van der Waals surface area contributed by atoms with Gasteiger partial charge in [0.25, 0.3) is 0 Å². The van der Waals surface area contributed by atoms with Gasteiger partial charge in [-0.15, -0.1) is 0 Å². The van der Waals surface area contributed by atoms with E-state index in [0.717, 1.165) is 41.9 Å². The zero-order valence-electron chi connectivity index (χ0n) is 18.2. The van der Waals surface area contributed by atoms with Crippen LogP contribution in [0.15, 0.2) is 67.0 Å². The molecule has 1 fully saturated rings. The van der Waals surface area contributed by atoms with Gasteiger partial charge in [-0.25, -0.2) is 4.79 Å². The van der Waals surface area contributed by atoms with Crippen molar-refractivity contribution >= 4 is 11.8 Å². The normalized spacial score (nSPS) is 14.7. The zero-order chi connectivity index (χ0) is 22.3. The largest absolute Gasteiger partial charge is 0.493 e. The summed E-state index contributed by atoms with van der Waals surface area (Å²) in [5.74, 6) is 1.58. The van der Waals surface area contributed by atoms with Crippen LogP contribution in [0, 0.1) is 0 Å². The van der Waals surface area contributed by atoms with Crippen molar-refractivity contribution in [2.24, 2.45) is 0 Å². The molecule has 2 N–H and O–H groups in total. The van der Waals surface area contributed by atoms with Crippen LogP contribution in [0.25, 0.3) is 0 Å². The van der Waals surface area contributed by atoms with Crippen molar-refractivity contribution in [2.45, 2.75) is 44.1 Å². The molecule has 1 amide bonds. The molecule has 0 saturated heterocycles. The Labute approximate surface area is 188 Å². The number of nitrogens with zero attached hydrogens (tertiary/aromatic N) is 1. The molecule has 6 heteroatoms. The molecular weight excluding hydrogens is 404 g/mol. The van der Waals surface area contributed by atoms with E-state index in [9.17, 15) is 4.79 Å². The number of anilines is 1. The number of rotatable bonds is 8. The molecule has 1 unspecified atom stereocenters. The van der Waals surface area contributed by atoms with Gasteiger partial charge in [0, 0.05) is 24.0 Å². The van der Waals surface area contributed by atoms with Crippen molar-refractivity contribution in [1.29, 1.82) is 0 Å². The van der Waals surface area contributed by atoms with Crippen molar-refractivity contribution in [3.63, 3.8) is 0 Å². The Morgan fingerprint density at radius 2 is 1.72 bits per heavy atom. The number of aromatic nitrogens is 1. The summed E-state index contributed by atoms with van der Waals surface area (Å²) >= 11 is 0. The van der Waals surface area contributed by atoms with Gasteiger partial charge in [-0.3, -0.25) is 10.3 Å². The van der Waals surface area contributed by atoms with E-state index in [4.69, 9.17) is 14.6 Å². The summed E-state index contributed by atoms with van der Waals surface area (Å²) in [6, 6.07) is 17.7. The Hall–Kier alpha value is -3.54. The second-order valence-corrected chi connectivity index (χ2v) is 8.10. The summed E-state index contributed by atoms with van der Waals surface area (Å²) in [6.45, 7) is 0. The van der Waals surface area contributed by atoms with Crippen LogP contribution in [0.3, 0.4) is 0 Å². The molecule has 32 heavy (non-hydrogen) atoms. The first-order chi connectivity index (χ1) is 15.6. The lowest BCUT2D eigenvalue weighted by atomic mass is 9.86. The average Bonchev–Trinajstić information content (AvgIpc) is 3.32. The minimum Gasteiger partial charge on any atom is -0.493 e. The van der Waals surface area contributed by atoms with Gasteiger partial charge in [0.05, 0.1) is 13.2 Å². The third-order valence-corrected chi connectivity index (χ3v) is 5.94. The van der Waals surface area contributed by atoms with E-state index >= 15 is 0 Å². The lowest BCUT2D eigenvalue weighted by Gasteiger charge is -2.22. The maximum atomic E-state index is 10.9. The summed E-state index contributed by atoms with van der Waals surface area (Å²) in [6.07, 6.45) is 8.10. The van der Waals surface area contributed by atoms with Crippen LogP contribution in [0.4, 0.5) is 10.5 Å². The first-order valence-corrected chi connectivity index (χ1v) is 11.0. The number of ether oxygens (including phenoxy) is 2. The molecule has 1 heterocycles. The van der Waals surface area contributed by atoms with E-state index in [2.05, 4.69) is 22.4 Å². The molecule has 0 aliphatic heterocycles. The monoisotopic (exact) mass is 432 g/mol. The average molecular weight is 433 g/mol. The second-order valence-electron chi connectivity index (χ2n) is 8.10. The number of nitrogens with one attached hydrogen (secondary N) is 1. The quantitative estimate of drug-likeness (QED) is 0.465. The summed E-state index contributed by atoms with van der Waals surface area (Å²) in [4.78, 5) is 15.1. The van der Waals surface area contributed by atoms with Crippen molar-refractivity contribution < 1.29 is 19.4 Å². The maximum absolute atomic E-state index is 10.9. The molecule has 166 valence electrons.